The Labute approximate surface area is 139 Å². The van der Waals surface area contributed by atoms with E-state index in [1.807, 2.05) is 0 Å². The molecule has 1 saturated carbocycles. The summed E-state index contributed by atoms with van der Waals surface area (Å²) in [6.07, 6.45) is 5.61. The van der Waals surface area contributed by atoms with Gasteiger partial charge in [0.1, 0.15) is 0 Å². The molecule has 1 aromatic rings. The smallest absolute Gasteiger partial charge is 0.223 e. The normalized spacial score (nSPS) is 21.9. The fourth-order valence-electron chi connectivity index (χ4n) is 3.34. The van der Waals surface area contributed by atoms with Crippen molar-refractivity contribution in [3.63, 3.8) is 0 Å². The Hall–Kier alpha value is -1.06. The van der Waals surface area contributed by atoms with Crippen LogP contribution < -0.4 is 5.32 Å². The number of hydrogen-bond donors (Lipinski definition) is 1. The molecular formula is C18H27ClN2O. The van der Waals surface area contributed by atoms with Gasteiger partial charge in [0.05, 0.1) is 6.04 Å². The van der Waals surface area contributed by atoms with Gasteiger partial charge in [0.15, 0.2) is 0 Å². The van der Waals surface area contributed by atoms with E-state index in [2.05, 4.69) is 41.4 Å². The third-order valence-electron chi connectivity index (χ3n) is 5.02. The summed E-state index contributed by atoms with van der Waals surface area (Å²) in [4.78, 5) is 14.7. The summed E-state index contributed by atoms with van der Waals surface area (Å²) >= 11 is 0. The van der Waals surface area contributed by atoms with Gasteiger partial charge in [-0.1, -0.05) is 37.6 Å². The lowest BCUT2D eigenvalue weighted by atomic mass is 9.82. The first kappa shape index (κ1) is 17.3. The zero-order valence-electron chi connectivity index (χ0n) is 13.4. The van der Waals surface area contributed by atoms with E-state index in [-0.39, 0.29) is 18.4 Å². The number of piperazine rings is 1. The molecule has 1 amide bonds. The van der Waals surface area contributed by atoms with Gasteiger partial charge in [0.25, 0.3) is 0 Å². The zero-order chi connectivity index (χ0) is 14.7. The molecule has 4 heteroatoms. The summed E-state index contributed by atoms with van der Waals surface area (Å²) in [6.45, 7) is 4.80. The van der Waals surface area contributed by atoms with E-state index < -0.39 is 0 Å². The molecule has 0 radical (unpaired) electrons. The zero-order valence-corrected chi connectivity index (χ0v) is 14.2. The first-order valence-corrected chi connectivity index (χ1v) is 8.37. The van der Waals surface area contributed by atoms with Crippen LogP contribution in [-0.4, -0.2) is 30.4 Å². The standard InChI is InChI=1S/C18H26N2O.ClH/c1-2-14-6-8-16(9-7-14)17-13-19-10-11-20(17)18(21)12-15-4-3-5-15;/h6-9,15,17,19H,2-5,10-13H2,1H3;1H. The maximum absolute atomic E-state index is 12.6. The topological polar surface area (TPSA) is 32.3 Å². The Balaban J connectivity index is 0.00000176. The average molecular weight is 323 g/mol. The van der Waals surface area contributed by atoms with Crippen LogP contribution in [0.15, 0.2) is 24.3 Å². The first-order chi connectivity index (χ1) is 10.3. The molecule has 0 bridgehead atoms. The van der Waals surface area contributed by atoms with Crippen molar-refractivity contribution in [1.29, 1.82) is 0 Å². The summed E-state index contributed by atoms with van der Waals surface area (Å²) in [5, 5.41) is 3.43. The molecule has 2 aliphatic rings. The quantitative estimate of drug-likeness (QED) is 0.922. The van der Waals surface area contributed by atoms with E-state index >= 15 is 0 Å². The largest absolute Gasteiger partial charge is 0.333 e. The monoisotopic (exact) mass is 322 g/mol. The van der Waals surface area contributed by atoms with Gasteiger partial charge in [-0.2, -0.15) is 0 Å². The van der Waals surface area contributed by atoms with Crippen LogP contribution in [0, 0.1) is 5.92 Å². The average Bonchev–Trinajstić information content (AvgIpc) is 2.51. The van der Waals surface area contributed by atoms with Gasteiger partial charge in [0, 0.05) is 26.1 Å². The van der Waals surface area contributed by atoms with Crippen LogP contribution in [0.4, 0.5) is 0 Å². The van der Waals surface area contributed by atoms with Crippen molar-refractivity contribution in [2.45, 2.75) is 45.1 Å². The third-order valence-corrected chi connectivity index (χ3v) is 5.02. The second kappa shape index (κ2) is 7.98. The maximum Gasteiger partial charge on any atom is 0.223 e. The molecule has 122 valence electrons. The van der Waals surface area contributed by atoms with E-state index in [4.69, 9.17) is 0 Å². The van der Waals surface area contributed by atoms with E-state index in [0.717, 1.165) is 32.5 Å². The van der Waals surface area contributed by atoms with Crippen molar-refractivity contribution >= 4 is 18.3 Å². The number of nitrogens with one attached hydrogen (secondary N) is 1. The maximum atomic E-state index is 12.6. The number of rotatable bonds is 4. The molecule has 1 saturated heterocycles. The predicted octanol–water partition coefficient (Wildman–Crippen LogP) is 3.33. The van der Waals surface area contributed by atoms with Crippen molar-refractivity contribution in [1.82, 2.24) is 10.2 Å². The molecule has 1 atom stereocenters. The second-order valence-electron chi connectivity index (χ2n) is 6.40. The summed E-state index contributed by atoms with van der Waals surface area (Å²) in [6, 6.07) is 8.98. The lowest BCUT2D eigenvalue weighted by Crippen LogP contribution is -2.49. The Kier molecular flexibility index (Phi) is 6.27. The van der Waals surface area contributed by atoms with Crippen LogP contribution in [0.5, 0.6) is 0 Å². The van der Waals surface area contributed by atoms with Gasteiger partial charge in [-0.25, -0.2) is 0 Å². The molecule has 1 aliphatic heterocycles. The highest BCUT2D eigenvalue weighted by Crippen LogP contribution is 2.32. The van der Waals surface area contributed by atoms with Crippen molar-refractivity contribution < 1.29 is 4.79 Å². The van der Waals surface area contributed by atoms with E-state index in [9.17, 15) is 4.79 Å². The third kappa shape index (κ3) is 3.82. The molecule has 0 spiro atoms. The van der Waals surface area contributed by atoms with Gasteiger partial charge in [-0.3, -0.25) is 4.79 Å². The Morgan fingerprint density at radius 3 is 2.59 bits per heavy atom. The van der Waals surface area contributed by atoms with Crippen molar-refractivity contribution in [2.75, 3.05) is 19.6 Å². The summed E-state index contributed by atoms with van der Waals surface area (Å²) in [5.41, 5.74) is 2.62. The molecule has 1 N–H and O–H groups in total. The molecule has 1 unspecified atom stereocenters. The highest BCUT2D eigenvalue weighted by atomic mass is 35.5. The van der Waals surface area contributed by atoms with Crippen molar-refractivity contribution in [3.05, 3.63) is 35.4 Å². The Morgan fingerprint density at radius 2 is 2.00 bits per heavy atom. The number of aryl methyl sites for hydroxylation is 1. The number of carbonyl (C=O) groups is 1. The van der Waals surface area contributed by atoms with Crippen LogP contribution in [0.25, 0.3) is 0 Å². The van der Waals surface area contributed by atoms with E-state index in [1.165, 1.54) is 30.4 Å². The molecule has 1 heterocycles. The van der Waals surface area contributed by atoms with Gasteiger partial charge in [-0.15, -0.1) is 12.4 Å². The lowest BCUT2D eigenvalue weighted by Gasteiger charge is -2.38. The van der Waals surface area contributed by atoms with Crippen LogP contribution in [0.1, 0.15) is 49.8 Å². The number of nitrogens with zero attached hydrogens (tertiary/aromatic N) is 1. The molecule has 3 nitrogen and oxygen atoms in total. The Morgan fingerprint density at radius 1 is 1.27 bits per heavy atom. The van der Waals surface area contributed by atoms with Gasteiger partial charge in [-0.05, 0) is 36.3 Å². The summed E-state index contributed by atoms with van der Waals surface area (Å²) < 4.78 is 0. The highest BCUT2D eigenvalue weighted by Gasteiger charge is 2.30. The SMILES string of the molecule is CCc1ccc(C2CNCCN2C(=O)CC2CCC2)cc1.Cl. The van der Waals surface area contributed by atoms with Crippen molar-refractivity contribution in [3.8, 4) is 0 Å². The fraction of sp³-hybridized carbons (Fsp3) is 0.611. The molecule has 0 aromatic heterocycles. The van der Waals surface area contributed by atoms with Gasteiger partial charge < -0.3 is 10.2 Å². The molecule has 3 rings (SSSR count). The predicted molar refractivity (Wildman–Crippen MR) is 92.3 cm³/mol. The number of halogens is 1. The molecule has 1 aliphatic carbocycles. The molecule has 22 heavy (non-hydrogen) atoms. The fourth-order valence-corrected chi connectivity index (χ4v) is 3.34. The number of benzene rings is 1. The van der Waals surface area contributed by atoms with Crippen LogP contribution in [-0.2, 0) is 11.2 Å². The molecule has 2 fully saturated rings. The molecule has 1 aromatic carbocycles. The second-order valence-corrected chi connectivity index (χ2v) is 6.40. The minimum Gasteiger partial charge on any atom is -0.333 e. The number of hydrogen-bond acceptors (Lipinski definition) is 2. The summed E-state index contributed by atoms with van der Waals surface area (Å²) in [5.74, 6) is 1.00. The van der Waals surface area contributed by atoms with Crippen molar-refractivity contribution in [2.24, 2.45) is 5.92 Å². The van der Waals surface area contributed by atoms with E-state index in [0.29, 0.717) is 11.8 Å². The lowest BCUT2D eigenvalue weighted by molar-refractivity contribution is -0.136. The molecular weight excluding hydrogens is 296 g/mol. The first-order valence-electron chi connectivity index (χ1n) is 8.37. The number of carbonyl (C=O) groups excluding carboxylic acids is 1. The van der Waals surface area contributed by atoms with Crippen LogP contribution in [0.2, 0.25) is 0 Å². The number of amides is 1. The Bertz CT molecular complexity index is 484. The minimum atomic E-state index is 0. The van der Waals surface area contributed by atoms with Gasteiger partial charge in [0.2, 0.25) is 5.91 Å². The van der Waals surface area contributed by atoms with Crippen LogP contribution in [0.3, 0.4) is 0 Å². The summed E-state index contributed by atoms with van der Waals surface area (Å²) in [7, 11) is 0. The van der Waals surface area contributed by atoms with E-state index in [1.54, 1.807) is 0 Å². The minimum absolute atomic E-state index is 0. The van der Waals surface area contributed by atoms with Crippen LogP contribution >= 0.6 is 12.4 Å². The highest BCUT2D eigenvalue weighted by molar-refractivity contribution is 5.85. The van der Waals surface area contributed by atoms with Gasteiger partial charge >= 0.3 is 0 Å².